The van der Waals surface area contributed by atoms with Crippen LogP contribution in [0.3, 0.4) is 0 Å². The molecule has 0 aliphatic heterocycles. The summed E-state index contributed by atoms with van der Waals surface area (Å²) in [5.41, 5.74) is 1.09. The summed E-state index contributed by atoms with van der Waals surface area (Å²) in [6.45, 7) is 0.996. The van der Waals surface area contributed by atoms with E-state index < -0.39 is 36.6 Å². The monoisotopic (exact) mass is 400 g/mol. The molecule has 29 heavy (non-hydrogen) atoms. The first-order valence-corrected chi connectivity index (χ1v) is 9.01. The van der Waals surface area contributed by atoms with Crippen molar-refractivity contribution in [2.75, 3.05) is 18.5 Å². The van der Waals surface area contributed by atoms with Crippen molar-refractivity contribution in [3.05, 3.63) is 65.5 Å². The molecule has 7 nitrogen and oxygen atoms in total. The molecule has 152 valence electrons. The first-order chi connectivity index (χ1) is 13.9. The number of nitrogens with one attached hydrogen (secondary N) is 2. The van der Waals surface area contributed by atoms with Crippen LogP contribution in [0.4, 0.5) is 10.1 Å². The largest absolute Gasteiger partial charge is 0.456 e. The number of carbonyl (C=O) groups is 4. The van der Waals surface area contributed by atoms with E-state index in [0.29, 0.717) is 17.7 Å². The van der Waals surface area contributed by atoms with Crippen molar-refractivity contribution in [1.82, 2.24) is 5.32 Å². The molecule has 2 N–H and O–H groups in total. The van der Waals surface area contributed by atoms with Crippen molar-refractivity contribution in [1.29, 1.82) is 0 Å². The average Bonchev–Trinajstić information content (AvgIpc) is 2.71. The summed E-state index contributed by atoms with van der Waals surface area (Å²) < 4.78 is 17.7. The van der Waals surface area contributed by atoms with Crippen LogP contribution in [0.5, 0.6) is 0 Å². The van der Waals surface area contributed by atoms with Crippen LogP contribution in [-0.2, 0) is 14.3 Å². The highest BCUT2D eigenvalue weighted by molar-refractivity contribution is 5.99. The van der Waals surface area contributed by atoms with Gasteiger partial charge in [0.25, 0.3) is 5.91 Å². The number of Topliss-reactive ketones (excluding diaryl/α,β-unsaturated/α-hetero) is 1. The molecule has 2 rings (SSSR count). The van der Waals surface area contributed by atoms with Crippen LogP contribution >= 0.6 is 0 Å². The van der Waals surface area contributed by atoms with E-state index in [0.717, 1.165) is 18.6 Å². The molecule has 8 heteroatoms. The zero-order valence-electron chi connectivity index (χ0n) is 15.9. The fourth-order valence-electron chi connectivity index (χ4n) is 2.33. The molecule has 0 aromatic heterocycles. The van der Waals surface area contributed by atoms with Crippen LogP contribution < -0.4 is 10.6 Å². The third kappa shape index (κ3) is 7.17. The summed E-state index contributed by atoms with van der Waals surface area (Å²) in [7, 11) is 0. The van der Waals surface area contributed by atoms with E-state index in [1.807, 2.05) is 6.92 Å². The van der Waals surface area contributed by atoms with E-state index in [9.17, 15) is 23.6 Å². The van der Waals surface area contributed by atoms with Gasteiger partial charge >= 0.3 is 5.97 Å². The highest BCUT2D eigenvalue weighted by Crippen LogP contribution is 2.11. The van der Waals surface area contributed by atoms with Crippen LogP contribution in [0.2, 0.25) is 0 Å². The number of ketones is 1. The molecule has 0 heterocycles. The van der Waals surface area contributed by atoms with Crippen molar-refractivity contribution >= 4 is 29.3 Å². The number of anilines is 1. The molecule has 0 fully saturated rings. The van der Waals surface area contributed by atoms with Gasteiger partial charge in [0.1, 0.15) is 12.4 Å². The number of halogens is 1. The Morgan fingerprint density at radius 3 is 2.17 bits per heavy atom. The van der Waals surface area contributed by atoms with Gasteiger partial charge in [0, 0.05) is 23.2 Å². The number of carbonyl (C=O) groups excluding carboxylic acids is 4. The third-order valence-electron chi connectivity index (χ3n) is 3.83. The maximum absolute atomic E-state index is 12.8. The predicted molar refractivity (Wildman–Crippen MR) is 104 cm³/mol. The van der Waals surface area contributed by atoms with Crippen LogP contribution in [-0.4, -0.2) is 36.7 Å². The summed E-state index contributed by atoms with van der Waals surface area (Å²) >= 11 is 0. The SMILES string of the molecule is CCCC(=O)Nc1ccc(C(=O)COC(=O)CNC(=O)c2ccc(F)cc2)cc1. The van der Waals surface area contributed by atoms with Gasteiger partial charge in [0.15, 0.2) is 12.4 Å². The minimum absolute atomic E-state index is 0.108. The number of hydrogen-bond acceptors (Lipinski definition) is 5. The Morgan fingerprint density at radius 1 is 0.931 bits per heavy atom. The highest BCUT2D eigenvalue weighted by Gasteiger charge is 2.12. The van der Waals surface area contributed by atoms with Crippen LogP contribution in [0.25, 0.3) is 0 Å². The van der Waals surface area contributed by atoms with E-state index in [1.54, 1.807) is 12.1 Å². The number of esters is 1. The second-order valence-electron chi connectivity index (χ2n) is 6.15. The Morgan fingerprint density at radius 2 is 1.55 bits per heavy atom. The lowest BCUT2D eigenvalue weighted by Crippen LogP contribution is -2.31. The number of ether oxygens (including phenoxy) is 1. The van der Waals surface area contributed by atoms with E-state index in [2.05, 4.69) is 10.6 Å². The van der Waals surface area contributed by atoms with E-state index in [4.69, 9.17) is 4.74 Å². The minimum atomic E-state index is -0.780. The molecule has 0 unspecified atom stereocenters. The third-order valence-corrected chi connectivity index (χ3v) is 3.83. The van der Waals surface area contributed by atoms with Crippen molar-refractivity contribution in [2.24, 2.45) is 0 Å². The molecule has 0 aliphatic rings. The minimum Gasteiger partial charge on any atom is -0.456 e. The molecule has 0 aliphatic carbocycles. The normalized spacial score (nSPS) is 10.1. The lowest BCUT2D eigenvalue weighted by atomic mass is 10.1. The zero-order chi connectivity index (χ0) is 21.2. The van der Waals surface area contributed by atoms with Crippen LogP contribution in [0, 0.1) is 5.82 Å². The van der Waals surface area contributed by atoms with E-state index in [1.165, 1.54) is 24.3 Å². The molecular weight excluding hydrogens is 379 g/mol. The predicted octanol–water partition coefficient (Wildman–Crippen LogP) is 2.72. The molecule has 0 radical (unpaired) electrons. The van der Waals surface area contributed by atoms with Gasteiger partial charge in [-0.25, -0.2) is 4.39 Å². The summed E-state index contributed by atoms with van der Waals surface area (Å²) in [6.07, 6.45) is 1.15. The van der Waals surface area contributed by atoms with E-state index >= 15 is 0 Å². The number of hydrogen-bond donors (Lipinski definition) is 2. The number of benzene rings is 2. The van der Waals surface area contributed by atoms with Gasteiger partial charge in [0.05, 0.1) is 0 Å². The van der Waals surface area contributed by atoms with Crippen LogP contribution in [0.1, 0.15) is 40.5 Å². The Bertz CT molecular complexity index is 879. The van der Waals surface area contributed by atoms with Crippen LogP contribution in [0.15, 0.2) is 48.5 Å². The first kappa shape index (κ1) is 21.7. The molecule has 0 spiro atoms. The van der Waals surface area contributed by atoms with Crippen molar-refractivity contribution in [2.45, 2.75) is 19.8 Å². The lowest BCUT2D eigenvalue weighted by Gasteiger charge is -2.07. The number of amides is 2. The summed E-state index contributed by atoms with van der Waals surface area (Å²) in [5.74, 6) is -2.35. The van der Waals surface area contributed by atoms with Gasteiger partial charge in [-0.15, -0.1) is 0 Å². The molecule has 0 saturated heterocycles. The maximum Gasteiger partial charge on any atom is 0.325 e. The summed E-state index contributed by atoms with van der Waals surface area (Å²) in [6, 6.07) is 11.1. The molecule has 0 bridgehead atoms. The highest BCUT2D eigenvalue weighted by atomic mass is 19.1. The Labute approximate surface area is 167 Å². The molecule has 2 aromatic carbocycles. The summed E-state index contributed by atoms with van der Waals surface area (Å²) in [4.78, 5) is 47.2. The topological polar surface area (TPSA) is 102 Å². The fraction of sp³-hybridized carbons (Fsp3) is 0.238. The van der Waals surface area contributed by atoms with E-state index in [-0.39, 0.29) is 11.5 Å². The first-order valence-electron chi connectivity index (χ1n) is 9.01. The van der Waals surface area contributed by atoms with Gasteiger partial charge in [-0.2, -0.15) is 0 Å². The van der Waals surface area contributed by atoms with Crippen molar-refractivity contribution < 1.29 is 28.3 Å². The summed E-state index contributed by atoms with van der Waals surface area (Å²) in [5, 5.41) is 5.04. The lowest BCUT2D eigenvalue weighted by molar-refractivity contribution is -0.141. The Hall–Kier alpha value is -3.55. The van der Waals surface area contributed by atoms with Gasteiger partial charge in [-0.1, -0.05) is 6.92 Å². The van der Waals surface area contributed by atoms with Gasteiger partial charge in [-0.3, -0.25) is 19.2 Å². The molecular formula is C21H21FN2O5. The zero-order valence-corrected chi connectivity index (χ0v) is 15.9. The quantitative estimate of drug-likeness (QED) is 0.498. The van der Waals surface area contributed by atoms with Gasteiger partial charge in [-0.05, 0) is 55.0 Å². The fourth-order valence-corrected chi connectivity index (χ4v) is 2.33. The average molecular weight is 400 g/mol. The molecule has 2 aromatic rings. The van der Waals surface area contributed by atoms with Gasteiger partial charge < -0.3 is 15.4 Å². The Kier molecular flexibility index (Phi) is 8.02. The van der Waals surface area contributed by atoms with Crippen molar-refractivity contribution in [3.63, 3.8) is 0 Å². The standard InChI is InChI=1S/C21H21FN2O5/c1-2-3-19(26)24-17-10-6-14(7-11-17)18(25)13-29-20(27)12-23-21(28)15-4-8-16(22)9-5-15/h4-11H,2-3,12-13H2,1H3,(H,23,28)(H,24,26). The second-order valence-corrected chi connectivity index (χ2v) is 6.15. The number of rotatable bonds is 9. The molecule has 0 saturated carbocycles. The maximum atomic E-state index is 12.8. The van der Waals surface area contributed by atoms with Crippen molar-refractivity contribution in [3.8, 4) is 0 Å². The molecule has 2 amide bonds. The Balaban J connectivity index is 1.76. The molecule has 0 atom stereocenters. The second kappa shape index (κ2) is 10.7. The van der Waals surface area contributed by atoms with Gasteiger partial charge in [0.2, 0.25) is 5.91 Å². The smallest absolute Gasteiger partial charge is 0.325 e.